The average Bonchev–Trinajstić information content (AvgIpc) is 2.61. The number of halogens is 3. The van der Waals surface area contributed by atoms with Gasteiger partial charge >= 0.3 is 0 Å². The van der Waals surface area contributed by atoms with Crippen molar-refractivity contribution in [2.45, 2.75) is 6.04 Å². The molecule has 3 rings (SSSR count). The van der Waals surface area contributed by atoms with Crippen LogP contribution in [0, 0.1) is 0 Å². The Bertz CT molecular complexity index is 665. The lowest BCUT2D eigenvalue weighted by Crippen LogP contribution is -2.18. The van der Waals surface area contributed by atoms with Gasteiger partial charge in [0.15, 0.2) is 0 Å². The van der Waals surface area contributed by atoms with Crippen molar-refractivity contribution in [3.8, 4) is 11.1 Å². The lowest BCUT2D eigenvalue weighted by atomic mass is 10.0. The zero-order chi connectivity index (χ0) is 13.7. The summed E-state index contributed by atoms with van der Waals surface area (Å²) >= 11 is 18.6. The Morgan fingerprint density at radius 2 is 1.58 bits per heavy atom. The van der Waals surface area contributed by atoms with E-state index in [1.807, 2.05) is 38.4 Å². The predicted molar refractivity (Wildman–Crippen MR) is 82.4 cm³/mol. The van der Waals surface area contributed by atoms with Gasteiger partial charge in [-0.3, -0.25) is 4.90 Å². The van der Waals surface area contributed by atoms with E-state index < -0.39 is 0 Å². The second-order valence-electron chi connectivity index (χ2n) is 4.95. The van der Waals surface area contributed by atoms with Crippen LogP contribution in [0.4, 0.5) is 0 Å². The molecule has 0 N–H and O–H groups in total. The molecule has 2 aromatic rings. The minimum Gasteiger partial charge on any atom is -0.299 e. The highest BCUT2D eigenvalue weighted by molar-refractivity contribution is 6.37. The Morgan fingerprint density at radius 3 is 2.26 bits per heavy atom. The summed E-state index contributed by atoms with van der Waals surface area (Å²) < 4.78 is 0. The Labute approximate surface area is 127 Å². The van der Waals surface area contributed by atoms with Crippen molar-refractivity contribution >= 4 is 34.8 Å². The second-order valence-corrected chi connectivity index (χ2v) is 6.23. The lowest BCUT2D eigenvalue weighted by molar-refractivity contribution is 0.348. The van der Waals surface area contributed by atoms with Gasteiger partial charge in [-0.15, -0.1) is 0 Å². The molecule has 98 valence electrons. The van der Waals surface area contributed by atoms with Crippen LogP contribution in [-0.2, 0) is 0 Å². The molecule has 0 heterocycles. The second kappa shape index (κ2) is 4.68. The van der Waals surface area contributed by atoms with Crippen molar-refractivity contribution in [3.63, 3.8) is 0 Å². The van der Waals surface area contributed by atoms with Crippen LogP contribution < -0.4 is 0 Å². The lowest BCUT2D eigenvalue weighted by Gasteiger charge is -2.22. The minimum absolute atomic E-state index is 0.139. The van der Waals surface area contributed by atoms with Gasteiger partial charge in [0.25, 0.3) is 0 Å². The fraction of sp³-hybridized carbons (Fsp3) is 0.200. The summed E-state index contributed by atoms with van der Waals surface area (Å²) in [5.74, 6) is 0. The number of rotatable bonds is 1. The maximum absolute atomic E-state index is 6.38. The molecule has 0 saturated carbocycles. The largest absolute Gasteiger partial charge is 0.299 e. The van der Waals surface area contributed by atoms with Crippen LogP contribution in [0.5, 0.6) is 0 Å². The van der Waals surface area contributed by atoms with Gasteiger partial charge in [-0.25, -0.2) is 0 Å². The van der Waals surface area contributed by atoms with E-state index in [0.717, 1.165) is 21.7 Å². The summed E-state index contributed by atoms with van der Waals surface area (Å²) in [6.07, 6.45) is 0. The summed E-state index contributed by atoms with van der Waals surface area (Å²) in [7, 11) is 4.08. The van der Waals surface area contributed by atoms with Gasteiger partial charge in [0, 0.05) is 15.6 Å². The third-order valence-corrected chi connectivity index (χ3v) is 4.23. The van der Waals surface area contributed by atoms with Gasteiger partial charge in [0.05, 0.1) is 11.1 Å². The molecule has 0 aromatic heterocycles. The molecule has 0 spiro atoms. The first kappa shape index (κ1) is 13.3. The maximum atomic E-state index is 6.38. The van der Waals surface area contributed by atoms with Crippen molar-refractivity contribution in [2.24, 2.45) is 0 Å². The van der Waals surface area contributed by atoms with E-state index in [0.29, 0.717) is 10.0 Å². The highest BCUT2D eigenvalue weighted by Crippen LogP contribution is 2.50. The molecular weight excluding hydrogens is 301 g/mol. The summed E-state index contributed by atoms with van der Waals surface area (Å²) in [5.41, 5.74) is 4.52. The maximum Gasteiger partial charge on any atom is 0.0610 e. The van der Waals surface area contributed by atoms with Gasteiger partial charge in [0.2, 0.25) is 0 Å². The first-order valence-electron chi connectivity index (χ1n) is 5.94. The SMILES string of the molecule is CN(C)[C@@H]1c2cc(Cl)ccc2-c2c(Cl)cc(Cl)cc21. The molecule has 4 heteroatoms. The zero-order valence-electron chi connectivity index (χ0n) is 10.5. The Hall–Kier alpha value is -0.730. The van der Waals surface area contributed by atoms with Crippen molar-refractivity contribution in [1.29, 1.82) is 0 Å². The molecular formula is C15H12Cl3N. The number of nitrogens with zero attached hydrogens (tertiary/aromatic N) is 1. The Morgan fingerprint density at radius 1 is 0.895 bits per heavy atom. The monoisotopic (exact) mass is 311 g/mol. The van der Waals surface area contributed by atoms with Crippen molar-refractivity contribution in [3.05, 3.63) is 56.5 Å². The van der Waals surface area contributed by atoms with Gasteiger partial charge < -0.3 is 0 Å². The number of benzene rings is 2. The number of hydrogen-bond acceptors (Lipinski definition) is 1. The third kappa shape index (κ3) is 2.05. The average molecular weight is 313 g/mol. The molecule has 1 nitrogen and oxygen atoms in total. The molecule has 1 aliphatic carbocycles. The molecule has 1 atom stereocenters. The summed E-state index contributed by atoms with van der Waals surface area (Å²) in [4.78, 5) is 2.15. The summed E-state index contributed by atoms with van der Waals surface area (Å²) in [5, 5.41) is 2.09. The molecule has 0 amide bonds. The van der Waals surface area contributed by atoms with E-state index in [4.69, 9.17) is 34.8 Å². The first-order chi connectivity index (χ1) is 8.99. The molecule has 1 aliphatic rings. The van der Waals surface area contributed by atoms with E-state index in [2.05, 4.69) is 4.90 Å². The summed E-state index contributed by atoms with van der Waals surface area (Å²) in [6, 6.07) is 9.85. The number of fused-ring (bicyclic) bond motifs is 3. The zero-order valence-corrected chi connectivity index (χ0v) is 12.8. The van der Waals surface area contributed by atoms with Gasteiger partial charge in [-0.2, -0.15) is 0 Å². The number of hydrogen-bond donors (Lipinski definition) is 0. The molecule has 0 saturated heterocycles. The molecule has 19 heavy (non-hydrogen) atoms. The topological polar surface area (TPSA) is 3.24 Å². The quantitative estimate of drug-likeness (QED) is 0.692. The van der Waals surface area contributed by atoms with Crippen LogP contribution in [0.2, 0.25) is 15.1 Å². The normalized spacial score (nSPS) is 16.6. The van der Waals surface area contributed by atoms with Crippen molar-refractivity contribution < 1.29 is 0 Å². The van der Waals surface area contributed by atoms with Gasteiger partial charge in [0.1, 0.15) is 0 Å². The van der Waals surface area contributed by atoms with Crippen molar-refractivity contribution in [1.82, 2.24) is 4.90 Å². The third-order valence-electron chi connectivity index (χ3n) is 3.47. The highest BCUT2D eigenvalue weighted by atomic mass is 35.5. The van der Waals surface area contributed by atoms with Gasteiger partial charge in [-0.05, 0) is 55.1 Å². The molecule has 0 unspecified atom stereocenters. The molecule has 2 aromatic carbocycles. The fourth-order valence-corrected chi connectivity index (χ4v) is 3.60. The van der Waals surface area contributed by atoms with E-state index in [1.165, 1.54) is 5.56 Å². The van der Waals surface area contributed by atoms with Crippen LogP contribution >= 0.6 is 34.8 Å². The Kier molecular flexibility index (Phi) is 3.26. The van der Waals surface area contributed by atoms with E-state index >= 15 is 0 Å². The summed E-state index contributed by atoms with van der Waals surface area (Å²) in [6.45, 7) is 0. The van der Waals surface area contributed by atoms with E-state index in [1.54, 1.807) is 6.07 Å². The van der Waals surface area contributed by atoms with Crippen LogP contribution in [0.1, 0.15) is 17.2 Å². The van der Waals surface area contributed by atoms with Crippen LogP contribution in [0.15, 0.2) is 30.3 Å². The van der Waals surface area contributed by atoms with E-state index in [-0.39, 0.29) is 6.04 Å². The van der Waals surface area contributed by atoms with Crippen LogP contribution in [0.25, 0.3) is 11.1 Å². The van der Waals surface area contributed by atoms with Crippen LogP contribution in [-0.4, -0.2) is 19.0 Å². The van der Waals surface area contributed by atoms with Crippen LogP contribution in [0.3, 0.4) is 0 Å². The molecule has 0 radical (unpaired) electrons. The molecule has 0 aliphatic heterocycles. The fourth-order valence-electron chi connectivity index (χ4n) is 2.80. The Balaban J connectivity index is 2.35. The highest BCUT2D eigenvalue weighted by Gasteiger charge is 2.32. The van der Waals surface area contributed by atoms with Crippen molar-refractivity contribution in [2.75, 3.05) is 14.1 Å². The standard InChI is InChI=1S/C15H12Cl3N/c1-19(2)15-11-5-8(16)3-4-10(11)14-12(15)6-9(17)7-13(14)18/h3-7,15H,1-2H3/t15-/m1/s1. The smallest absolute Gasteiger partial charge is 0.0610 e. The predicted octanol–water partition coefficient (Wildman–Crippen LogP) is 5.28. The first-order valence-corrected chi connectivity index (χ1v) is 7.07. The minimum atomic E-state index is 0.139. The molecule has 0 bridgehead atoms. The van der Waals surface area contributed by atoms with E-state index in [9.17, 15) is 0 Å². The van der Waals surface area contributed by atoms with Gasteiger partial charge in [-0.1, -0.05) is 40.9 Å². The molecule has 0 fully saturated rings.